The number of nitrogens with zero attached hydrogens (tertiary/aromatic N) is 10. The van der Waals surface area contributed by atoms with Crippen molar-refractivity contribution in [2.75, 3.05) is 83.3 Å². The van der Waals surface area contributed by atoms with Gasteiger partial charge in [0, 0.05) is 94.1 Å². The van der Waals surface area contributed by atoms with Crippen molar-refractivity contribution in [3.8, 4) is 11.1 Å². The van der Waals surface area contributed by atoms with Crippen molar-refractivity contribution in [2.24, 2.45) is 5.73 Å². The molecule has 0 aliphatic carbocycles. The van der Waals surface area contributed by atoms with E-state index >= 15 is 4.39 Å². The predicted molar refractivity (Wildman–Crippen MR) is 311 cm³/mol. The quantitative estimate of drug-likeness (QED) is 0.0269. The average Bonchev–Trinajstić information content (AvgIpc) is 1.72. The molecule has 3 fully saturated rings. The van der Waals surface area contributed by atoms with Crippen LogP contribution in [0.15, 0.2) is 67.0 Å². The number of piperidine rings is 2. The SMILES string of the molecule is COC(=O)CNC(=O)CNC(=O)Cn1nc(C(F)(F)F)c2c(-c3cc4c(cnn4C(=O)CCC(=O)NCCCCCCCC(=O)N4CCC(c5ccc(Nc6nc(N7CCC[C@@H](N8CCN(C)C8=O)C7)cnc6C(N)=O)cc5)CC4)cc3F)cccc21. The lowest BCUT2D eigenvalue weighted by Crippen LogP contribution is -2.49. The molecule has 7 amide bonds. The van der Waals surface area contributed by atoms with Gasteiger partial charge in [0.15, 0.2) is 17.2 Å². The number of halogens is 4. The second-order valence-electron chi connectivity index (χ2n) is 21.9. The van der Waals surface area contributed by atoms with Crippen LogP contribution in [0.25, 0.3) is 32.9 Å². The van der Waals surface area contributed by atoms with Gasteiger partial charge in [-0.15, -0.1) is 0 Å². The molecule has 1 atom stereocenters. The van der Waals surface area contributed by atoms with Crippen LogP contribution in [0.2, 0.25) is 0 Å². The Hall–Kier alpha value is -9.24. The number of primary amides is 1. The molecule has 0 bridgehead atoms. The second-order valence-corrected chi connectivity index (χ2v) is 21.9. The third-order valence-corrected chi connectivity index (χ3v) is 16.0. The number of hydrogen-bond donors (Lipinski definition) is 5. The Labute approximate surface area is 497 Å². The molecule has 3 aliphatic heterocycles. The fraction of sp³-hybridized carbons (Fsp3) is 0.458. The lowest BCUT2D eigenvalue weighted by Gasteiger charge is -2.37. The number of methoxy groups -OCH3 is 1. The Balaban J connectivity index is 0.678. The van der Waals surface area contributed by atoms with Crippen molar-refractivity contribution < 1.29 is 60.7 Å². The summed E-state index contributed by atoms with van der Waals surface area (Å²) >= 11 is 0. The first-order valence-corrected chi connectivity index (χ1v) is 29.0. The standard InChI is InChI=1S/C59H69F4N15O9/c1-73-26-27-76(58(73)86)40-10-9-23-75(34-40)46-31-68-54(56(64)85)57(71-46)70-39-16-14-36(15-17-39)37-20-24-74(25-21-37)50(82)13-6-4-3-5-7-22-65-47(79)18-19-51(83)78-45-29-42(43(60)28-38(45)30-69-78)41-11-8-12-44-53(41)55(59(61,62)63)72-77(44)35-49(81)66-32-48(80)67-33-52(84)87-2/h8,11-12,14-17,28-31,37,40H,3-7,9-10,13,18-27,32-35H2,1-2H3,(H2,64,85)(H,65,79)(H,66,81)(H,67,80)(H,70,71)/t40-/m1/s1. The number of alkyl halides is 3. The van der Waals surface area contributed by atoms with Gasteiger partial charge in [-0.05, 0) is 85.9 Å². The van der Waals surface area contributed by atoms with Crippen LogP contribution in [0.5, 0.6) is 0 Å². The summed E-state index contributed by atoms with van der Waals surface area (Å²) < 4.78 is 65.6. The maximum atomic E-state index is 15.8. The van der Waals surface area contributed by atoms with Crippen molar-refractivity contribution in [2.45, 2.75) is 102 Å². The van der Waals surface area contributed by atoms with E-state index in [4.69, 9.17) is 10.7 Å². The van der Waals surface area contributed by atoms with Crippen molar-refractivity contribution in [1.29, 1.82) is 0 Å². The highest BCUT2D eigenvalue weighted by atomic mass is 19.4. The minimum absolute atomic E-state index is 0.0245. The van der Waals surface area contributed by atoms with E-state index in [9.17, 15) is 51.5 Å². The monoisotopic (exact) mass is 1210 g/mol. The van der Waals surface area contributed by atoms with Gasteiger partial charge in [0.25, 0.3) is 5.91 Å². The van der Waals surface area contributed by atoms with Gasteiger partial charge in [-0.2, -0.15) is 23.4 Å². The Morgan fingerprint density at radius 2 is 1.52 bits per heavy atom. The minimum Gasteiger partial charge on any atom is -0.468 e. The molecule has 24 nitrogen and oxygen atoms in total. The van der Waals surface area contributed by atoms with E-state index in [-0.39, 0.29) is 81.7 Å². The fourth-order valence-corrected chi connectivity index (χ4v) is 11.3. The number of unbranched alkanes of at least 4 members (excludes halogenated alkanes) is 4. The first-order chi connectivity index (χ1) is 41.8. The molecule has 3 saturated heterocycles. The second kappa shape index (κ2) is 27.9. The molecule has 0 unspecified atom stereocenters. The summed E-state index contributed by atoms with van der Waals surface area (Å²) in [6.07, 6.45) is 5.06. The van der Waals surface area contributed by atoms with Crippen molar-refractivity contribution in [3.05, 3.63) is 89.8 Å². The number of ether oxygens (including phenoxy) is 1. The first kappa shape index (κ1) is 62.3. The van der Waals surface area contributed by atoms with E-state index in [2.05, 4.69) is 46.1 Å². The summed E-state index contributed by atoms with van der Waals surface area (Å²) in [4.78, 5) is 117. The van der Waals surface area contributed by atoms with E-state index in [1.807, 2.05) is 41.1 Å². The lowest BCUT2D eigenvalue weighted by atomic mass is 9.89. The zero-order valence-corrected chi connectivity index (χ0v) is 48.3. The molecule has 0 spiro atoms. The third-order valence-electron chi connectivity index (χ3n) is 16.0. The van der Waals surface area contributed by atoms with Crippen LogP contribution in [-0.4, -0.2) is 171 Å². The van der Waals surface area contributed by atoms with Crippen LogP contribution in [0, 0.1) is 5.82 Å². The maximum Gasteiger partial charge on any atom is 0.435 e. The van der Waals surface area contributed by atoms with Crippen LogP contribution in [0.3, 0.4) is 0 Å². The minimum atomic E-state index is -5.06. The number of nitrogens with two attached hydrogens (primary N) is 1. The number of benzene rings is 3. The molecule has 462 valence electrons. The van der Waals surface area contributed by atoms with Crippen molar-refractivity contribution in [1.82, 2.24) is 60.2 Å². The summed E-state index contributed by atoms with van der Waals surface area (Å²) in [7, 11) is 2.92. The van der Waals surface area contributed by atoms with Gasteiger partial charge in [0.05, 0.1) is 43.1 Å². The number of likely N-dealkylation sites (tertiary alicyclic amines) is 1. The first-order valence-electron chi connectivity index (χ1n) is 29.0. The maximum absolute atomic E-state index is 15.8. The van der Waals surface area contributed by atoms with Gasteiger partial charge in [-0.3, -0.25) is 38.2 Å². The highest BCUT2D eigenvalue weighted by Crippen LogP contribution is 2.41. The molecule has 0 saturated carbocycles. The summed E-state index contributed by atoms with van der Waals surface area (Å²) in [5.41, 5.74) is 5.53. The molecule has 3 aromatic heterocycles. The zero-order valence-electron chi connectivity index (χ0n) is 48.3. The number of carbonyl (C=O) groups is 8. The molecule has 3 aliphatic rings. The number of fused-ring (bicyclic) bond motifs is 2. The van der Waals surface area contributed by atoms with Crippen molar-refractivity contribution in [3.63, 3.8) is 0 Å². The van der Waals surface area contributed by atoms with Crippen LogP contribution in [0.1, 0.15) is 110 Å². The van der Waals surface area contributed by atoms with Crippen LogP contribution >= 0.6 is 0 Å². The van der Waals surface area contributed by atoms with E-state index in [0.717, 1.165) is 86.0 Å². The summed E-state index contributed by atoms with van der Waals surface area (Å²) in [6, 6.07) is 14.1. The van der Waals surface area contributed by atoms with E-state index in [0.29, 0.717) is 63.6 Å². The molecule has 87 heavy (non-hydrogen) atoms. The number of likely N-dealkylation sites (N-methyl/N-ethyl adjacent to an activating group) is 1. The normalized spacial score (nSPS) is 15.7. The topological polar surface area (TPSA) is 294 Å². The number of rotatable bonds is 24. The molecule has 28 heteroatoms. The van der Waals surface area contributed by atoms with Crippen LogP contribution in [0.4, 0.5) is 39.7 Å². The molecule has 6 heterocycles. The van der Waals surface area contributed by atoms with Crippen molar-refractivity contribution >= 4 is 86.6 Å². The van der Waals surface area contributed by atoms with Gasteiger partial charge in [-0.25, -0.2) is 23.8 Å². The molecular formula is C59H69F4N15O9. The smallest absolute Gasteiger partial charge is 0.435 e. The highest BCUT2D eigenvalue weighted by Gasteiger charge is 2.39. The zero-order chi connectivity index (χ0) is 61.9. The number of aromatic nitrogens is 6. The summed E-state index contributed by atoms with van der Waals surface area (Å²) in [6.45, 7) is 2.59. The van der Waals surface area contributed by atoms with Gasteiger partial charge < -0.3 is 51.3 Å². The largest absolute Gasteiger partial charge is 0.468 e. The molecular weight excluding hydrogens is 1140 g/mol. The number of nitrogens with one attached hydrogen (secondary N) is 4. The van der Waals surface area contributed by atoms with Gasteiger partial charge >= 0.3 is 18.2 Å². The fourth-order valence-electron chi connectivity index (χ4n) is 11.3. The van der Waals surface area contributed by atoms with Crippen LogP contribution in [-0.2, 0) is 41.4 Å². The van der Waals surface area contributed by atoms with E-state index in [1.165, 1.54) is 30.5 Å². The van der Waals surface area contributed by atoms with Crippen LogP contribution < -0.4 is 31.9 Å². The Morgan fingerprint density at radius 3 is 2.24 bits per heavy atom. The lowest BCUT2D eigenvalue weighted by molar-refractivity contribution is -0.141. The number of anilines is 3. The number of carbonyl (C=O) groups excluding carboxylic acids is 8. The number of esters is 1. The average molecular weight is 1210 g/mol. The third kappa shape index (κ3) is 15.2. The summed E-state index contributed by atoms with van der Waals surface area (Å²) in [5, 5.41) is 17.9. The molecule has 6 aromatic rings. The van der Waals surface area contributed by atoms with E-state index in [1.54, 1.807) is 11.1 Å². The van der Waals surface area contributed by atoms with Gasteiger partial charge in [0.1, 0.15) is 24.7 Å². The molecule has 6 N–H and O–H groups in total. The molecule has 9 rings (SSSR count). The number of urea groups is 1. The predicted octanol–water partition coefficient (Wildman–Crippen LogP) is 5.87. The van der Waals surface area contributed by atoms with E-state index < -0.39 is 72.3 Å². The van der Waals surface area contributed by atoms with Gasteiger partial charge in [-0.1, -0.05) is 43.5 Å². The Bertz CT molecular complexity index is 3550. The van der Waals surface area contributed by atoms with Gasteiger partial charge in [0.2, 0.25) is 29.5 Å². The highest BCUT2D eigenvalue weighted by molar-refractivity contribution is 6.01. The number of amides is 7. The Kier molecular flexibility index (Phi) is 19.9. The Morgan fingerprint density at radius 1 is 0.770 bits per heavy atom. The summed E-state index contributed by atoms with van der Waals surface area (Å²) in [5.74, 6) is -3.77. The molecule has 0 radical (unpaired) electrons. The number of hydrogen-bond acceptors (Lipinski definition) is 15. The molecule has 3 aromatic carbocycles.